The molecule has 0 saturated heterocycles. The lowest BCUT2D eigenvalue weighted by molar-refractivity contribution is 0.409. The molecule has 562 valence electrons. The van der Waals surface area contributed by atoms with Crippen molar-refractivity contribution in [3.63, 3.8) is 0 Å². The monoisotopic (exact) mass is 1420 g/mol. The quantitative estimate of drug-likeness (QED) is 0.0332. The van der Waals surface area contributed by atoms with Gasteiger partial charge < -0.3 is 0 Å². The van der Waals surface area contributed by atoms with Crippen LogP contribution in [-0.2, 0) is 38.5 Å². The van der Waals surface area contributed by atoms with E-state index >= 15 is 0 Å². The predicted octanol–water partition coefficient (Wildman–Crippen LogP) is 22.5. The van der Waals surface area contributed by atoms with Gasteiger partial charge in [-0.25, -0.2) is 9.36 Å². The summed E-state index contributed by atoms with van der Waals surface area (Å²) in [7, 11) is 0. The van der Waals surface area contributed by atoms with E-state index in [2.05, 4.69) is 169 Å². The molecular weight excluding hydrogens is 1300 g/mol. The van der Waals surface area contributed by atoms with Crippen LogP contribution in [0.15, 0.2) is 60.7 Å². The van der Waals surface area contributed by atoms with Gasteiger partial charge in [0.1, 0.15) is 61.2 Å². The predicted molar refractivity (Wildman–Crippen MR) is 435 cm³/mol. The summed E-state index contributed by atoms with van der Waals surface area (Å²) < 4.78 is 4.29. The summed E-state index contributed by atoms with van der Waals surface area (Å²) in [6.07, 6.45) is 44.2. The fraction of sp³-hybridized carbons (Fsp3) is 0.586. The largest absolute Gasteiger partial charge is 0.210 e. The number of nitrogens with zero attached hydrogens (tertiary/aromatic N) is 18. The van der Waals surface area contributed by atoms with Gasteiger partial charge in [0, 0.05) is 0 Å². The number of rotatable bonds is 44. The molecule has 0 fully saturated rings. The Balaban J connectivity index is 1.21. The Morgan fingerprint density at radius 2 is 0.476 bits per heavy atom. The van der Waals surface area contributed by atoms with E-state index in [9.17, 15) is 0 Å². The Labute approximate surface area is 626 Å². The van der Waals surface area contributed by atoms with E-state index in [1.807, 2.05) is 14.4 Å². The van der Waals surface area contributed by atoms with Crippen LogP contribution in [0.5, 0.6) is 0 Å². The summed E-state index contributed by atoms with van der Waals surface area (Å²) >= 11 is 0. The molecule has 1 aliphatic heterocycles. The SMILES string of the molecule is CCCCCCCCCCc1c(C)c(-n2nnc3c(CCCCCCCCC)c(C)ccc32)c(-n2nnc3c(CCCCCCCC)c(C)ccc32)c2c1N(n1nnc3c(CCCCC)c(C)ccc31)N(n1nnc3c(CCCCCC)c(C)ccc31)N2n1nnc2c(CCCCCCC)c(C)ccc21. The molecule has 6 aromatic carbocycles. The highest BCUT2D eigenvalue weighted by Gasteiger charge is 2.49. The van der Waals surface area contributed by atoms with Crippen LogP contribution in [0.4, 0.5) is 11.4 Å². The summed E-state index contributed by atoms with van der Waals surface area (Å²) in [4.78, 5) is 6.06. The Kier molecular flexibility index (Phi) is 26.8. The number of fused-ring (bicyclic) bond motifs is 6. The molecule has 0 aliphatic carbocycles. The molecule has 105 heavy (non-hydrogen) atoms. The molecule has 0 spiro atoms. The first kappa shape index (κ1) is 76.4. The fourth-order valence-electron chi connectivity index (χ4n) is 16.8. The first-order chi connectivity index (χ1) is 51.5. The maximum atomic E-state index is 5.54. The third kappa shape index (κ3) is 16.4. The van der Waals surface area contributed by atoms with Crippen LogP contribution < -0.4 is 15.5 Å². The topological polar surface area (TPSA) is 163 Å². The number of benzene rings is 6. The molecule has 0 bridgehead atoms. The van der Waals surface area contributed by atoms with Crippen LogP contribution in [-0.4, -0.2) is 75.3 Å². The number of unbranched alkanes of at least 4 members (excludes halogenated alkanes) is 27. The van der Waals surface area contributed by atoms with Crippen LogP contribution in [0.1, 0.15) is 320 Å². The summed E-state index contributed by atoms with van der Waals surface area (Å²) in [6.45, 7) is 27.3. The van der Waals surface area contributed by atoms with Crippen LogP contribution >= 0.6 is 0 Å². The molecule has 0 unspecified atom stereocenters. The Bertz CT molecular complexity index is 4650. The number of hydrogen-bond donors (Lipinski definition) is 0. The molecule has 0 saturated carbocycles. The van der Waals surface area contributed by atoms with Crippen molar-refractivity contribution >= 4 is 66.5 Å². The van der Waals surface area contributed by atoms with Crippen molar-refractivity contribution in [2.45, 2.75) is 333 Å². The van der Waals surface area contributed by atoms with Crippen molar-refractivity contribution in [3.8, 4) is 11.4 Å². The van der Waals surface area contributed by atoms with Gasteiger partial charge in [-0.15, -0.1) is 50.1 Å². The number of aromatic nitrogens is 15. The summed E-state index contributed by atoms with van der Waals surface area (Å²) in [5.41, 5.74) is 26.6. The minimum atomic E-state index is 0.732. The zero-order chi connectivity index (χ0) is 73.3. The van der Waals surface area contributed by atoms with Gasteiger partial charge in [-0.3, -0.25) is 0 Å². The number of hydrogen-bond acceptors (Lipinski definition) is 13. The van der Waals surface area contributed by atoms with Crippen molar-refractivity contribution < 1.29 is 0 Å². The van der Waals surface area contributed by atoms with Gasteiger partial charge in [-0.2, -0.15) is 0 Å². The third-order valence-corrected chi connectivity index (χ3v) is 23.1. The van der Waals surface area contributed by atoms with E-state index in [4.69, 9.17) is 51.6 Å². The Morgan fingerprint density at radius 1 is 0.229 bits per heavy atom. The van der Waals surface area contributed by atoms with Gasteiger partial charge in [0.25, 0.3) is 0 Å². The summed E-state index contributed by atoms with van der Waals surface area (Å²) in [5.74, 6) is 0. The van der Waals surface area contributed by atoms with Crippen LogP contribution in [0.25, 0.3) is 66.5 Å². The second-order valence-electron chi connectivity index (χ2n) is 31.0. The molecule has 0 amide bonds. The zero-order valence-electron chi connectivity index (χ0n) is 66.4. The molecule has 12 rings (SSSR count). The molecule has 0 atom stereocenters. The molecule has 18 nitrogen and oxygen atoms in total. The first-order valence-corrected chi connectivity index (χ1v) is 41.8. The number of anilines is 2. The summed E-state index contributed by atoms with van der Waals surface area (Å²) in [6, 6.07) is 22.5. The fourth-order valence-corrected chi connectivity index (χ4v) is 16.8. The smallest absolute Gasteiger partial charge is 0.143 e. The number of hydrazine groups is 2. The lowest BCUT2D eigenvalue weighted by Crippen LogP contribution is -2.60. The molecule has 18 heteroatoms. The summed E-state index contributed by atoms with van der Waals surface area (Å²) in [5, 5.41) is 60.8. The van der Waals surface area contributed by atoms with Crippen molar-refractivity contribution in [3.05, 3.63) is 127 Å². The van der Waals surface area contributed by atoms with Gasteiger partial charge in [-0.05, 0) is 231 Å². The van der Waals surface area contributed by atoms with Crippen molar-refractivity contribution in [1.29, 1.82) is 0 Å². The maximum absolute atomic E-state index is 5.54. The van der Waals surface area contributed by atoms with Gasteiger partial charge in [0.15, 0.2) is 0 Å². The second-order valence-corrected chi connectivity index (χ2v) is 31.0. The normalized spacial score (nSPS) is 12.7. The van der Waals surface area contributed by atoms with Crippen LogP contribution in [0, 0.1) is 41.5 Å². The zero-order valence-corrected chi connectivity index (χ0v) is 66.4. The van der Waals surface area contributed by atoms with E-state index in [0.29, 0.717) is 0 Å². The third-order valence-electron chi connectivity index (χ3n) is 23.1. The average molecular weight is 1420 g/mol. The number of aryl methyl sites for hydroxylation is 10. The molecule has 11 aromatic rings. The lowest BCUT2D eigenvalue weighted by atomic mass is 9.94. The van der Waals surface area contributed by atoms with Gasteiger partial charge in [0.2, 0.25) is 0 Å². The van der Waals surface area contributed by atoms with E-state index in [1.165, 1.54) is 184 Å². The van der Waals surface area contributed by atoms with E-state index in [-0.39, 0.29) is 0 Å². The lowest BCUT2D eigenvalue weighted by Gasteiger charge is -2.34. The molecular formula is C87H124N18. The van der Waals surface area contributed by atoms with Crippen LogP contribution in [0.3, 0.4) is 0 Å². The van der Waals surface area contributed by atoms with E-state index in [0.717, 1.165) is 211 Å². The molecule has 1 aliphatic rings. The van der Waals surface area contributed by atoms with Crippen LogP contribution in [0.2, 0.25) is 0 Å². The van der Waals surface area contributed by atoms with E-state index in [1.54, 1.807) is 0 Å². The van der Waals surface area contributed by atoms with Gasteiger partial charge in [0.05, 0.1) is 16.7 Å². The molecule has 0 N–H and O–H groups in total. The first-order valence-electron chi connectivity index (χ1n) is 41.8. The van der Waals surface area contributed by atoms with Crippen molar-refractivity contribution in [2.24, 2.45) is 0 Å². The van der Waals surface area contributed by atoms with Gasteiger partial charge in [-0.1, -0.05) is 261 Å². The van der Waals surface area contributed by atoms with Crippen molar-refractivity contribution in [2.75, 3.05) is 15.5 Å². The molecule has 5 aromatic heterocycles. The second kappa shape index (κ2) is 36.8. The molecule has 0 radical (unpaired) electrons. The highest BCUT2D eigenvalue weighted by molar-refractivity contribution is 5.98. The highest BCUT2D eigenvalue weighted by atomic mass is 16.2. The minimum absolute atomic E-state index is 0.732. The molecule has 6 heterocycles. The average Bonchev–Trinajstić information content (AvgIpc) is 1.49. The Morgan fingerprint density at radius 3 is 0.838 bits per heavy atom. The van der Waals surface area contributed by atoms with Crippen molar-refractivity contribution in [1.82, 2.24) is 75.3 Å². The van der Waals surface area contributed by atoms with E-state index < -0.39 is 0 Å². The highest BCUT2D eigenvalue weighted by Crippen LogP contribution is 2.52. The maximum Gasteiger partial charge on any atom is 0.143 e. The Hall–Kier alpha value is -8.28. The standard InChI is InChI=1S/C87H124N18/c1-13-19-25-30-33-35-39-45-51-73-67(12)84(98-74-57-52-62(7)68(79(74)88-93-98)49-44-38-34-31-26-20-14-2)86(99-75-58-53-63(8)69(80(75)89-94-99)48-43-37-32-27-21-15-3)87-85(73)103(100-76-59-54-64(9)70(46-40-24-18-6)81(76)90-95-100)105(102-78-61-56-66(11)72(83(78)92-97-102)47-41-29-23-17-5)104(87)101-77-60-55-65(10)71(82(77)91-96-101)50-42-36-28-22-16-4/h52-61H,13-51H2,1-12H3. The minimum Gasteiger partial charge on any atom is -0.210 e. The van der Waals surface area contributed by atoms with Gasteiger partial charge >= 0.3 is 0 Å².